The van der Waals surface area contributed by atoms with Gasteiger partial charge in [-0.25, -0.2) is 0 Å². The van der Waals surface area contributed by atoms with Gasteiger partial charge in [-0.1, -0.05) is 38.1 Å². The number of aromatic hydroxyl groups is 1. The van der Waals surface area contributed by atoms with Crippen LogP contribution >= 0.6 is 0 Å². The number of phenols is 1. The molecule has 0 unspecified atom stereocenters. The van der Waals surface area contributed by atoms with Crippen LogP contribution in [-0.4, -0.2) is 11.7 Å². The molecule has 3 rings (SSSR count). The first-order chi connectivity index (χ1) is 11.6. The summed E-state index contributed by atoms with van der Waals surface area (Å²) in [5.41, 5.74) is 2.94. The first kappa shape index (κ1) is 16.7. The number of hydrogen-bond donors (Lipinski definition) is 2. The third kappa shape index (κ3) is 2.82. The van der Waals surface area contributed by atoms with E-state index in [9.17, 15) is 5.11 Å². The second-order valence-electron chi connectivity index (χ2n) is 6.05. The maximum atomic E-state index is 9.93. The molecule has 0 radical (unpaired) electrons. The highest BCUT2D eigenvalue weighted by Gasteiger charge is 2.39. The van der Waals surface area contributed by atoms with Gasteiger partial charge in [-0.15, -0.1) is 0 Å². The second-order valence-corrected chi connectivity index (χ2v) is 6.05. The molecule has 128 valence electrons. The fourth-order valence-corrected chi connectivity index (χ4v) is 3.38. The van der Waals surface area contributed by atoms with Gasteiger partial charge in [0.25, 0.3) is 0 Å². The molecule has 0 fully saturated rings. The van der Waals surface area contributed by atoms with Gasteiger partial charge in [-0.05, 0) is 38.0 Å². The Hall–Kier alpha value is -2.20. The van der Waals surface area contributed by atoms with Crippen molar-refractivity contribution in [1.82, 2.24) is 0 Å². The van der Waals surface area contributed by atoms with Crippen molar-refractivity contribution in [1.29, 1.82) is 0 Å². The molecule has 1 atom stereocenters. The summed E-state index contributed by atoms with van der Waals surface area (Å²) < 4.78 is 12.0. The highest BCUT2D eigenvalue weighted by molar-refractivity contribution is 5.57. The Morgan fingerprint density at radius 1 is 1.12 bits per heavy atom. The zero-order valence-electron chi connectivity index (χ0n) is 14.5. The molecule has 2 aromatic rings. The third-order valence-electron chi connectivity index (χ3n) is 4.78. The molecule has 0 saturated carbocycles. The zero-order chi connectivity index (χ0) is 17.2. The number of anilines is 1. The summed E-state index contributed by atoms with van der Waals surface area (Å²) in [6.45, 7) is 6.72. The minimum absolute atomic E-state index is 0.147. The van der Waals surface area contributed by atoms with Gasteiger partial charge in [-0.3, -0.25) is 0 Å². The normalized spacial score (nSPS) is 18.5. The van der Waals surface area contributed by atoms with E-state index < -0.39 is 0 Å². The van der Waals surface area contributed by atoms with Gasteiger partial charge in [0, 0.05) is 16.8 Å². The summed E-state index contributed by atoms with van der Waals surface area (Å²) in [5, 5.41) is 13.4. The number of ether oxygens (including phenoxy) is 2. The topological polar surface area (TPSA) is 50.7 Å². The molecule has 0 aromatic heterocycles. The smallest absolute Gasteiger partial charge is 0.161 e. The number of para-hydroxylation sites is 1. The molecule has 0 spiro atoms. The third-order valence-corrected chi connectivity index (χ3v) is 4.78. The molecular weight excluding hydrogens is 302 g/mol. The Balaban J connectivity index is 2.01. The minimum Gasteiger partial charge on any atom is -0.504 e. The number of hydrogen-bond acceptors (Lipinski definition) is 4. The molecule has 4 nitrogen and oxygen atoms in total. The summed E-state index contributed by atoms with van der Waals surface area (Å²) in [4.78, 5) is 0. The van der Waals surface area contributed by atoms with Gasteiger partial charge in [-0.2, -0.15) is 0 Å². The van der Waals surface area contributed by atoms with Crippen molar-refractivity contribution in [3.05, 3.63) is 53.6 Å². The highest BCUT2D eigenvalue weighted by atomic mass is 16.5. The lowest BCUT2D eigenvalue weighted by Gasteiger charge is -2.43. The maximum absolute atomic E-state index is 9.93. The molecule has 24 heavy (non-hydrogen) atoms. The summed E-state index contributed by atoms with van der Waals surface area (Å²) in [5.74, 6) is 0.631. The highest BCUT2D eigenvalue weighted by Crippen LogP contribution is 2.46. The quantitative estimate of drug-likeness (QED) is 0.816. The Labute approximate surface area is 143 Å². The van der Waals surface area contributed by atoms with Gasteiger partial charge < -0.3 is 19.9 Å². The predicted octanol–water partition coefficient (Wildman–Crippen LogP) is 4.95. The zero-order valence-corrected chi connectivity index (χ0v) is 14.5. The molecule has 0 amide bonds. The van der Waals surface area contributed by atoms with Gasteiger partial charge >= 0.3 is 0 Å². The van der Waals surface area contributed by atoms with Crippen molar-refractivity contribution in [2.75, 3.05) is 11.9 Å². The first-order valence-corrected chi connectivity index (χ1v) is 8.63. The summed E-state index contributed by atoms with van der Waals surface area (Å²) in [6.07, 6.45) is 1.52. The van der Waals surface area contributed by atoms with E-state index in [4.69, 9.17) is 9.47 Å². The van der Waals surface area contributed by atoms with Crippen LogP contribution in [0.3, 0.4) is 0 Å². The van der Waals surface area contributed by atoms with Crippen molar-refractivity contribution in [3.8, 4) is 11.5 Å². The Morgan fingerprint density at radius 2 is 1.88 bits per heavy atom. The Kier molecular flexibility index (Phi) is 4.67. The molecule has 0 aliphatic carbocycles. The lowest BCUT2D eigenvalue weighted by molar-refractivity contribution is -0.103. The van der Waals surface area contributed by atoms with E-state index in [0.29, 0.717) is 12.4 Å². The Morgan fingerprint density at radius 3 is 2.58 bits per heavy atom. The predicted molar refractivity (Wildman–Crippen MR) is 95.4 cm³/mol. The van der Waals surface area contributed by atoms with E-state index in [2.05, 4.69) is 37.4 Å². The fourth-order valence-electron chi connectivity index (χ4n) is 3.38. The van der Waals surface area contributed by atoms with Crippen LogP contribution in [0.25, 0.3) is 0 Å². The summed E-state index contributed by atoms with van der Waals surface area (Å²) >= 11 is 0. The lowest BCUT2D eigenvalue weighted by Crippen LogP contribution is -2.37. The number of rotatable bonds is 5. The van der Waals surface area contributed by atoms with Crippen LogP contribution in [0.2, 0.25) is 0 Å². The van der Waals surface area contributed by atoms with Crippen molar-refractivity contribution in [3.63, 3.8) is 0 Å². The molecule has 1 aliphatic rings. The number of benzene rings is 2. The van der Waals surface area contributed by atoms with Crippen LogP contribution in [0.1, 0.15) is 51.0 Å². The average Bonchev–Trinajstić information content (AvgIpc) is 2.62. The lowest BCUT2D eigenvalue weighted by atomic mass is 9.85. The van der Waals surface area contributed by atoms with Gasteiger partial charge in [0.2, 0.25) is 0 Å². The van der Waals surface area contributed by atoms with Crippen LogP contribution in [0.5, 0.6) is 11.5 Å². The molecule has 1 aliphatic heterocycles. The van der Waals surface area contributed by atoms with E-state index >= 15 is 0 Å². The van der Waals surface area contributed by atoms with Crippen LogP contribution in [-0.2, 0) is 10.3 Å². The van der Waals surface area contributed by atoms with E-state index in [1.54, 1.807) is 6.07 Å². The maximum Gasteiger partial charge on any atom is 0.161 e. The average molecular weight is 327 g/mol. The molecule has 2 N–H and O–H groups in total. The number of fused-ring (bicyclic) bond motifs is 1. The van der Waals surface area contributed by atoms with Gasteiger partial charge in [0.15, 0.2) is 17.7 Å². The van der Waals surface area contributed by atoms with Crippen molar-refractivity contribution in [2.45, 2.75) is 45.4 Å². The van der Waals surface area contributed by atoms with Crippen LogP contribution in [0.4, 0.5) is 5.69 Å². The Bertz CT molecular complexity index is 710. The van der Waals surface area contributed by atoms with Crippen LogP contribution in [0, 0.1) is 0 Å². The van der Waals surface area contributed by atoms with E-state index in [0.717, 1.165) is 24.1 Å². The second kappa shape index (κ2) is 6.73. The molecule has 4 heteroatoms. The molecule has 2 aromatic carbocycles. The number of phenolic OH excluding ortho intramolecular Hbond substituents is 1. The van der Waals surface area contributed by atoms with Gasteiger partial charge in [0.05, 0.1) is 12.2 Å². The van der Waals surface area contributed by atoms with E-state index in [1.165, 1.54) is 5.56 Å². The minimum atomic E-state index is -0.309. The first-order valence-electron chi connectivity index (χ1n) is 8.63. The summed E-state index contributed by atoms with van der Waals surface area (Å²) in [6, 6.07) is 13.7. The van der Waals surface area contributed by atoms with Gasteiger partial charge in [0.1, 0.15) is 0 Å². The fraction of sp³-hybridized carbons (Fsp3) is 0.400. The molecular formula is C20H25NO3. The molecule has 0 saturated heterocycles. The van der Waals surface area contributed by atoms with Crippen LogP contribution < -0.4 is 10.1 Å². The van der Waals surface area contributed by atoms with E-state index in [-0.39, 0.29) is 17.6 Å². The monoisotopic (exact) mass is 327 g/mol. The summed E-state index contributed by atoms with van der Waals surface area (Å²) in [7, 11) is 0. The van der Waals surface area contributed by atoms with Crippen molar-refractivity contribution >= 4 is 5.69 Å². The molecule has 0 bridgehead atoms. The van der Waals surface area contributed by atoms with E-state index in [1.807, 2.05) is 25.1 Å². The van der Waals surface area contributed by atoms with Crippen molar-refractivity contribution in [2.24, 2.45) is 0 Å². The molecule has 1 heterocycles. The standard InChI is InChI=1S/C20H25NO3/c1-4-20(5-2)15-9-7-8-10-16(15)21-19(24-20)14-11-12-17(22)18(13-14)23-6-3/h7-13,19,21-22H,4-6H2,1-3H3/t19-/m0/s1. The largest absolute Gasteiger partial charge is 0.504 e. The van der Waals surface area contributed by atoms with Crippen LogP contribution in [0.15, 0.2) is 42.5 Å². The SMILES string of the molecule is CCOc1cc([C@H]2Nc3ccccc3C(CC)(CC)O2)ccc1O. The van der Waals surface area contributed by atoms with Crippen molar-refractivity contribution < 1.29 is 14.6 Å². The number of nitrogens with one attached hydrogen (secondary N) is 1.